The van der Waals surface area contributed by atoms with E-state index in [4.69, 9.17) is 0 Å². The second-order valence-electron chi connectivity index (χ2n) is 6.26. The third kappa shape index (κ3) is 5.64. The van der Waals surface area contributed by atoms with Gasteiger partial charge in [0.25, 0.3) is 0 Å². The minimum atomic E-state index is 1.05. The summed E-state index contributed by atoms with van der Waals surface area (Å²) in [6.45, 7) is 3.33. The summed E-state index contributed by atoms with van der Waals surface area (Å²) >= 11 is 0. The largest absolute Gasteiger partial charge is 0.370 e. The molecule has 0 aromatic carbocycles. The number of hydrogen-bond donors (Lipinski definition) is 1. The zero-order chi connectivity index (χ0) is 14.8. The van der Waals surface area contributed by atoms with Crippen LogP contribution in [0.25, 0.3) is 0 Å². The lowest BCUT2D eigenvalue weighted by atomic mass is 9.96. The molecule has 1 aromatic heterocycles. The molecule has 0 amide bonds. The van der Waals surface area contributed by atoms with Crippen LogP contribution in [0.15, 0.2) is 6.33 Å². The van der Waals surface area contributed by atoms with Gasteiger partial charge in [0.05, 0.1) is 0 Å². The Bertz CT molecular complexity index is 403. The second kappa shape index (κ2) is 9.75. The molecule has 1 heterocycles. The predicted molar refractivity (Wildman–Crippen MR) is 89.8 cm³/mol. The third-order valence-electron chi connectivity index (χ3n) is 4.45. The molecule has 3 nitrogen and oxygen atoms in total. The van der Waals surface area contributed by atoms with Crippen molar-refractivity contribution in [1.82, 2.24) is 9.97 Å². The summed E-state index contributed by atoms with van der Waals surface area (Å²) in [5.74, 6) is 1.10. The van der Waals surface area contributed by atoms with E-state index in [2.05, 4.69) is 22.2 Å². The van der Waals surface area contributed by atoms with Crippen molar-refractivity contribution in [1.29, 1.82) is 0 Å². The number of nitrogens with zero attached hydrogens (tertiary/aromatic N) is 2. The van der Waals surface area contributed by atoms with Crippen molar-refractivity contribution >= 4 is 5.82 Å². The Balaban J connectivity index is 1.59. The quantitative estimate of drug-likeness (QED) is 0.622. The van der Waals surface area contributed by atoms with Crippen molar-refractivity contribution < 1.29 is 0 Å². The van der Waals surface area contributed by atoms with Crippen LogP contribution >= 0.6 is 0 Å². The first kappa shape index (κ1) is 16.3. The third-order valence-corrected chi connectivity index (χ3v) is 4.45. The van der Waals surface area contributed by atoms with Gasteiger partial charge in [0.15, 0.2) is 0 Å². The van der Waals surface area contributed by atoms with Crippen LogP contribution < -0.4 is 5.32 Å². The Morgan fingerprint density at radius 1 is 0.905 bits per heavy atom. The van der Waals surface area contributed by atoms with Crippen LogP contribution in [0.1, 0.15) is 82.4 Å². The smallest absolute Gasteiger partial charge is 0.132 e. The van der Waals surface area contributed by atoms with Crippen molar-refractivity contribution in [3.8, 4) is 0 Å². The van der Waals surface area contributed by atoms with E-state index in [1.165, 1.54) is 75.5 Å². The highest BCUT2D eigenvalue weighted by Crippen LogP contribution is 2.24. The van der Waals surface area contributed by atoms with Crippen molar-refractivity contribution in [2.45, 2.75) is 84.0 Å². The molecule has 1 aliphatic carbocycles. The van der Waals surface area contributed by atoms with Gasteiger partial charge in [-0.3, -0.25) is 0 Å². The molecule has 1 N–H and O–H groups in total. The average molecular weight is 289 g/mol. The summed E-state index contributed by atoms with van der Waals surface area (Å²) in [6.07, 6.45) is 17.5. The first-order chi connectivity index (χ1) is 10.4. The lowest BCUT2D eigenvalue weighted by molar-refractivity contribution is 0.580. The lowest BCUT2D eigenvalue weighted by Crippen LogP contribution is -2.12. The molecule has 118 valence electrons. The van der Waals surface area contributed by atoms with E-state index in [9.17, 15) is 0 Å². The molecule has 0 saturated carbocycles. The minimum Gasteiger partial charge on any atom is -0.370 e. The highest BCUT2D eigenvalue weighted by atomic mass is 15.0. The maximum atomic E-state index is 4.44. The van der Waals surface area contributed by atoms with Crippen molar-refractivity contribution in [2.24, 2.45) is 0 Å². The minimum absolute atomic E-state index is 1.05. The molecule has 1 aromatic rings. The predicted octanol–water partition coefficient (Wildman–Crippen LogP) is 4.91. The number of fused-ring (bicyclic) bond motifs is 1. The standard InChI is InChI=1S/C18H31N3/c1-2-3-4-5-6-7-8-11-14-19-18-16-12-9-10-13-17(16)20-15-21-18/h15H,2-14H2,1H3,(H,19,20,21). The number of aryl methyl sites for hydroxylation is 1. The van der Waals surface area contributed by atoms with Crippen LogP contribution in [-0.4, -0.2) is 16.5 Å². The van der Waals surface area contributed by atoms with Gasteiger partial charge in [0.1, 0.15) is 12.1 Å². The first-order valence-electron chi connectivity index (χ1n) is 8.98. The second-order valence-corrected chi connectivity index (χ2v) is 6.26. The van der Waals surface area contributed by atoms with Gasteiger partial charge in [-0.05, 0) is 32.1 Å². The molecule has 0 aliphatic heterocycles. The Hall–Kier alpha value is -1.12. The van der Waals surface area contributed by atoms with Crippen LogP contribution in [0.4, 0.5) is 5.82 Å². The molecule has 3 heteroatoms. The van der Waals surface area contributed by atoms with Gasteiger partial charge in [-0.15, -0.1) is 0 Å². The molecule has 2 rings (SSSR count). The van der Waals surface area contributed by atoms with Gasteiger partial charge in [0.2, 0.25) is 0 Å². The summed E-state index contributed by atoms with van der Waals surface area (Å²) in [5.41, 5.74) is 2.65. The fraction of sp³-hybridized carbons (Fsp3) is 0.778. The molecule has 21 heavy (non-hydrogen) atoms. The highest BCUT2D eigenvalue weighted by Gasteiger charge is 2.14. The van der Waals surface area contributed by atoms with Crippen LogP contribution in [0.3, 0.4) is 0 Å². The molecular formula is C18H31N3. The normalized spacial score (nSPS) is 14.0. The summed E-state index contributed by atoms with van der Waals surface area (Å²) < 4.78 is 0. The van der Waals surface area contributed by atoms with Crippen LogP contribution in [0.5, 0.6) is 0 Å². The Kier molecular flexibility index (Phi) is 7.55. The van der Waals surface area contributed by atoms with E-state index in [0.29, 0.717) is 0 Å². The molecule has 0 saturated heterocycles. The van der Waals surface area contributed by atoms with Gasteiger partial charge in [0, 0.05) is 17.8 Å². The van der Waals surface area contributed by atoms with Gasteiger partial charge in [-0.1, -0.05) is 51.9 Å². The van der Waals surface area contributed by atoms with Crippen molar-refractivity contribution in [3.05, 3.63) is 17.6 Å². The van der Waals surface area contributed by atoms with E-state index < -0.39 is 0 Å². The zero-order valence-electron chi connectivity index (χ0n) is 13.7. The first-order valence-corrected chi connectivity index (χ1v) is 8.98. The number of anilines is 1. The van der Waals surface area contributed by atoms with E-state index in [-0.39, 0.29) is 0 Å². The monoisotopic (exact) mass is 289 g/mol. The van der Waals surface area contributed by atoms with E-state index in [1.54, 1.807) is 6.33 Å². The van der Waals surface area contributed by atoms with Crippen LogP contribution in [-0.2, 0) is 12.8 Å². The Labute approximate surface area is 130 Å². The highest BCUT2D eigenvalue weighted by molar-refractivity contribution is 5.46. The molecule has 0 atom stereocenters. The van der Waals surface area contributed by atoms with E-state index >= 15 is 0 Å². The molecule has 0 fully saturated rings. The summed E-state index contributed by atoms with van der Waals surface area (Å²) in [6, 6.07) is 0. The van der Waals surface area contributed by atoms with Gasteiger partial charge in [-0.2, -0.15) is 0 Å². The molecule has 1 aliphatic rings. The topological polar surface area (TPSA) is 37.8 Å². The Morgan fingerprint density at radius 3 is 2.43 bits per heavy atom. The molecule has 0 radical (unpaired) electrons. The maximum absolute atomic E-state index is 4.44. The summed E-state index contributed by atoms with van der Waals surface area (Å²) in [7, 11) is 0. The van der Waals surface area contributed by atoms with Gasteiger partial charge < -0.3 is 5.32 Å². The number of nitrogens with one attached hydrogen (secondary N) is 1. The van der Waals surface area contributed by atoms with Crippen molar-refractivity contribution in [2.75, 3.05) is 11.9 Å². The number of rotatable bonds is 10. The van der Waals surface area contributed by atoms with Crippen LogP contribution in [0, 0.1) is 0 Å². The summed E-state index contributed by atoms with van der Waals surface area (Å²) in [4.78, 5) is 8.86. The lowest BCUT2D eigenvalue weighted by Gasteiger charge is -2.17. The molecule has 0 bridgehead atoms. The molecule has 0 unspecified atom stereocenters. The van der Waals surface area contributed by atoms with E-state index in [1.807, 2.05) is 0 Å². The van der Waals surface area contributed by atoms with Gasteiger partial charge >= 0.3 is 0 Å². The maximum Gasteiger partial charge on any atom is 0.132 e. The Morgan fingerprint density at radius 2 is 1.62 bits per heavy atom. The van der Waals surface area contributed by atoms with Crippen molar-refractivity contribution in [3.63, 3.8) is 0 Å². The zero-order valence-corrected chi connectivity index (χ0v) is 13.7. The summed E-state index contributed by atoms with van der Waals surface area (Å²) in [5, 5.41) is 3.53. The molecular weight excluding hydrogens is 258 g/mol. The number of aromatic nitrogens is 2. The number of hydrogen-bond acceptors (Lipinski definition) is 3. The van der Waals surface area contributed by atoms with Crippen LogP contribution in [0.2, 0.25) is 0 Å². The SMILES string of the molecule is CCCCCCCCCCNc1ncnc2c1CCCC2. The van der Waals surface area contributed by atoms with E-state index in [0.717, 1.165) is 25.2 Å². The molecule has 0 spiro atoms. The fourth-order valence-electron chi connectivity index (χ4n) is 3.14. The fourth-order valence-corrected chi connectivity index (χ4v) is 3.14. The number of unbranched alkanes of at least 4 members (excludes halogenated alkanes) is 7. The average Bonchev–Trinajstić information content (AvgIpc) is 2.53. The van der Waals surface area contributed by atoms with Gasteiger partial charge in [-0.25, -0.2) is 9.97 Å².